The number of rotatable bonds is 3. The van der Waals surface area contributed by atoms with Crippen molar-refractivity contribution in [2.45, 2.75) is 4.90 Å². The van der Waals surface area contributed by atoms with E-state index in [-0.39, 0.29) is 10.0 Å². The zero-order valence-corrected chi connectivity index (χ0v) is 14.5. The van der Waals surface area contributed by atoms with Gasteiger partial charge in [0.25, 0.3) is 0 Å². The Morgan fingerprint density at radius 1 is 1.12 bits per heavy atom. The summed E-state index contributed by atoms with van der Waals surface area (Å²) < 4.78 is 24.1. The van der Waals surface area contributed by atoms with E-state index in [1.165, 1.54) is 6.07 Å². The van der Waals surface area contributed by atoms with Crippen molar-refractivity contribution in [3.8, 4) is 11.1 Å². The number of hydrogen-bond acceptors (Lipinski definition) is 6. The number of anilines is 1. The first-order valence-corrected chi connectivity index (χ1v) is 9.70. The molecule has 0 aliphatic carbocycles. The Balaban J connectivity index is 1.99. The molecule has 128 valence electrons. The number of carboxylic acids is 1. The second kappa shape index (κ2) is 6.26. The van der Waals surface area contributed by atoms with Gasteiger partial charge in [0.2, 0.25) is 0 Å². The number of amides is 1. The normalized spacial score (nSPS) is 11.4. The summed E-state index contributed by atoms with van der Waals surface area (Å²) in [6.45, 7) is 0. The molecule has 0 saturated carbocycles. The maximum absolute atomic E-state index is 11.7. The van der Waals surface area contributed by atoms with E-state index in [0.717, 1.165) is 33.4 Å². The predicted octanol–water partition coefficient (Wildman–Crippen LogP) is 2.39. The van der Waals surface area contributed by atoms with Gasteiger partial charge in [0.05, 0.1) is 15.1 Å². The highest BCUT2D eigenvalue weighted by atomic mass is 32.2. The molecular formula is C16H12N2O5S2. The minimum absolute atomic E-state index is 0.185. The molecule has 25 heavy (non-hydrogen) atoms. The average Bonchev–Trinajstić information content (AvgIpc) is 2.95. The summed E-state index contributed by atoms with van der Waals surface area (Å²) in [4.78, 5) is 26.2. The standard InChI is InChI=1S/C16H12N2O5S2/c1-25(22,23)11-4-2-3-9(7-11)10-5-6-12-13(8-10)24-16(17-12)18-14(19)15(20)21/h2-8H,1H3,(H,20,21)(H,17,18,19). The highest BCUT2D eigenvalue weighted by Crippen LogP contribution is 2.31. The van der Waals surface area contributed by atoms with Crippen LogP contribution in [-0.4, -0.2) is 36.6 Å². The maximum atomic E-state index is 11.7. The molecule has 0 fully saturated rings. The third-order valence-corrected chi connectivity index (χ3v) is 5.44. The summed E-state index contributed by atoms with van der Waals surface area (Å²) in [5, 5.41) is 11.0. The van der Waals surface area contributed by atoms with Crippen LogP contribution in [-0.2, 0) is 19.4 Å². The van der Waals surface area contributed by atoms with E-state index in [9.17, 15) is 18.0 Å². The molecule has 0 aliphatic rings. The van der Waals surface area contributed by atoms with Crippen LogP contribution in [0.4, 0.5) is 5.13 Å². The van der Waals surface area contributed by atoms with Gasteiger partial charge in [0.15, 0.2) is 15.0 Å². The van der Waals surface area contributed by atoms with Crippen molar-refractivity contribution < 1.29 is 23.1 Å². The van der Waals surface area contributed by atoms with E-state index in [1.807, 2.05) is 6.07 Å². The number of carbonyl (C=O) groups is 2. The third-order valence-electron chi connectivity index (χ3n) is 3.40. The zero-order valence-electron chi connectivity index (χ0n) is 12.9. The van der Waals surface area contributed by atoms with Gasteiger partial charge in [-0.1, -0.05) is 29.5 Å². The van der Waals surface area contributed by atoms with Crippen LogP contribution >= 0.6 is 11.3 Å². The van der Waals surface area contributed by atoms with Gasteiger partial charge in [-0.15, -0.1) is 0 Å². The Kier molecular flexibility index (Phi) is 4.27. The fourth-order valence-electron chi connectivity index (χ4n) is 2.21. The van der Waals surface area contributed by atoms with Crippen LogP contribution in [0.15, 0.2) is 47.4 Å². The molecule has 7 nitrogen and oxygen atoms in total. The highest BCUT2D eigenvalue weighted by molar-refractivity contribution is 7.90. The van der Waals surface area contributed by atoms with Crippen LogP contribution in [0, 0.1) is 0 Å². The first-order valence-electron chi connectivity index (χ1n) is 6.99. The van der Waals surface area contributed by atoms with Gasteiger partial charge >= 0.3 is 11.9 Å². The van der Waals surface area contributed by atoms with E-state index in [1.54, 1.807) is 30.3 Å². The molecule has 0 saturated heterocycles. The van der Waals surface area contributed by atoms with Gasteiger partial charge in [-0.3, -0.25) is 10.1 Å². The monoisotopic (exact) mass is 376 g/mol. The lowest BCUT2D eigenvalue weighted by Crippen LogP contribution is -2.21. The van der Waals surface area contributed by atoms with Crippen molar-refractivity contribution in [2.24, 2.45) is 0 Å². The summed E-state index contributed by atoms with van der Waals surface area (Å²) in [6.07, 6.45) is 1.15. The number of nitrogens with zero attached hydrogens (tertiary/aromatic N) is 1. The fourth-order valence-corrected chi connectivity index (χ4v) is 3.78. The number of nitrogens with one attached hydrogen (secondary N) is 1. The summed E-state index contributed by atoms with van der Waals surface area (Å²) >= 11 is 1.14. The number of aromatic nitrogens is 1. The van der Waals surface area contributed by atoms with Crippen molar-refractivity contribution in [2.75, 3.05) is 11.6 Å². The Bertz CT molecular complexity index is 1100. The molecule has 3 rings (SSSR count). The fraction of sp³-hybridized carbons (Fsp3) is 0.0625. The van der Waals surface area contributed by atoms with Gasteiger partial charge in [-0.25, -0.2) is 18.2 Å². The van der Waals surface area contributed by atoms with Crippen LogP contribution in [0.2, 0.25) is 0 Å². The number of hydrogen-bond donors (Lipinski definition) is 2. The SMILES string of the molecule is CS(=O)(=O)c1cccc(-c2ccc3nc(NC(=O)C(=O)O)sc3c2)c1. The minimum atomic E-state index is -3.31. The van der Waals surface area contributed by atoms with E-state index >= 15 is 0 Å². The summed E-state index contributed by atoms with van der Waals surface area (Å²) in [6, 6.07) is 11.9. The van der Waals surface area contributed by atoms with Gasteiger partial charge < -0.3 is 5.11 Å². The number of benzene rings is 2. The van der Waals surface area contributed by atoms with Crippen LogP contribution in [0.3, 0.4) is 0 Å². The molecule has 0 bridgehead atoms. The van der Waals surface area contributed by atoms with E-state index in [2.05, 4.69) is 10.3 Å². The summed E-state index contributed by atoms with van der Waals surface area (Å²) in [5.41, 5.74) is 2.13. The average molecular weight is 376 g/mol. The minimum Gasteiger partial charge on any atom is -0.474 e. The third kappa shape index (κ3) is 3.67. The molecule has 1 heterocycles. The molecule has 1 aromatic heterocycles. The molecule has 2 N–H and O–H groups in total. The van der Waals surface area contributed by atoms with Gasteiger partial charge in [-0.05, 0) is 35.4 Å². The quantitative estimate of drug-likeness (QED) is 0.679. The maximum Gasteiger partial charge on any atom is 0.394 e. The van der Waals surface area contributed by atoms with E-state index < -0.39 is 21.7 Å². The lowest BCUT2D eigenvalue weighted by atomic mass is 10.1. The summed E-state index contributed by atoms with van der Waals surface area (Å²) in [5.74, 6) is -2.74. The molecule has 0 atom stereocenters. The number of carboxylic acid groups (broad SMARTS) is 1. The first-order chi connectivity index (χ1) is 11.7. The molecule has 3 aromatic rings. The highest BCUT2D eigenvalue weighted by Gasteiger charge is 2.14. The predicted molar refractivity (Wildman–Crippen MR) is 94.4 cm³/mol. The van der Waals surface area contributed by atoms with Crippen molar-refractivity contribution in [3.63, 3.8) is 0 Å². The van der Waals surface area contributed by atoms with Crippen molar-refractivity contribution >= 4 is 48.4 Å². The van der Waals surface area contributed by atoms with Crippen molar-refractivity contribution in [3.05, 3.63) is 42.5 Å². The van der Waals surface area contributed by atoms with Gasteiger partial charge in [0.1, 0.15) is 0 Å². The largest absolute Gasteiger partial charge is 0.474 e. The van der Waals surface area contributed by atoms with E-state index in [4.69, 9.17) is 5.11 Å². The van der Waals surface area contributed by atoms with Gasteiger partial charge in [0, 0.05) is 6.26 Å². The molecule has 1 amide bonds. The topological polar surface area (TPSA) is 113 Å². The molecular weight excluding hydrogens is 364 g/mol. The molecule has 0 radical (unpaired) electrons. The Hall–Kier alpha value is -2.78. The summed E-state index contributed by atoms with van der Waals surface area (Å²) in [7, 11) is -3.31. The molecule has 0 aliphatic heterocycles. The number of aliphatic carboxylic acids is 1. The first kappa shape index (κ1) is 17.1. The van der Waals surface area contributed by atoms with Crippen LogP contribution in [0.25, 0.3) is 21.3 Å². The van der Waals surface area contributed by atoms with Crippen molar-refractivity contribution in [1.29, 1.82) is 0 Å². The van der Waals surface area contributed by atoms with Crippen LogP contribution < -0.4 is 5.32 Å². The zero-order chi connectivity index (χ0) is 18.2. The van der Waals surface area contributed by atoms with Crippen LogP contribution in [0.5, 0.6) is 0 Å². The number of thiazole rings is 1. The lowest BCUT2D eigenvalue weighted by Gasteiger charge is -2.04. The molecule has 9 heteroatoms. The Labute approximate surface area is 146 Å². The van der Waals surface area contributed by atoms with Crippen molar-refractivity contribution in [1.82, 2.24) is 4.98 Å². The molecule has 0 unspecified atom stereocenters. The van der Waals surface area contributed by atoms with E-state index in [0.29, 0.717) is 5.52 Å². The second-order valence-corrected chi connectivity index (χ2v) is 8.31. The Morgan fingerprint density at radius 3 is 2.52 bits per heavy atom. The smallest absolute Gasteiger partial charge is 0.394 e. The Morgan fingerprint density at radius 2 is 1.84 bits per heavy atom. The second-order valence-electron chi connectivity index (χ2n) is 5.26. The number of sulfone groups is 1. The van der Waals surface area contributed by atoms with Gasteiger partial charge in [-0.2, -0.15) is 0 Å². The van der Waals surface area contributed by atoms with Crippen LogP contribution in [0.1, 0.15) is 0 Å². The molecule has 0 spiro atoms. The lowest BCUT2D eigenvalue weighted by molar-refractivity contribution is -0.147. The number of carbonyl (C=O) groups excluding carboxylic acids is 1. The number of fused-ring (bicyclic) bond motifs is 1. The molecule has 2 aromatic carbocycles.